The summed E-state index contributed by atoms with van der Waals surface area (Å²) in [5, 5.41) is 20.4. The molecule has 2 aliphatic rings. The van der Waals surface area contributed by atoms with Gasteiger partial charge in [-0.1, -0.05) is 197 Å². The number of nitrogen functional groups attached to an aromatic ring is 1. The zero-order valence-corrected chi connectivity index (χ0v) is 55.1. The highest BCUT2D eigenvalue weighted by molar-refractivity contribution is 14.1. The van der Waals surface area contributed by atoms with E-state index in [4.69, 9.17) is 53.5 Å². The lowest BCUT2D eigenvalue weighted by atomic mass is 9.77. The van der Waals surface area contributed by atoms with Gasteiger partial charge in [0.15, 0.2) is 17.3 Å². The summed E-state index contributed by atoms with van der Waals surface area (Å²) in [6.07, 6.45) is -8.72. The molecule has 3 heterocycles. The van der Waals surface area contributed by atoms with Crippen molar-refractivity contribution in [3.05, 3.63) is 277 Å². The number of nitrogens with one attached hydrogen (secondary N) is 3. The Labute approximate surface area is 579 Å². The van der Waals surface area contributed by atoms with Gasteiger partial charge in [-0.05, 0) is 89.7 Å². The first kappa shape index (κ1) is 74.7. The molecule has 11 rings (SSSR count). The summed E-state index contributed by atoms with van der Waals surface area (Å²) in [4.78, 5) is 67.1. The monoisotopic (exact) mass is 1520 g/mol. The van der Waals surface area contributed by atoms with E-state index in [1.54, 1.807) is 146 Å². The number of alkyl halides is 10. The van der Waals surface area contributed by atoms with Gasteiger partial charge in [0.25, 0.3) is 0 Å². The first-order valence-electron chi connectivity index (χ1n) is 28.7. The van der Waals surface area contributed by atoms with Crippen LogP contribution in [-0.2, 0) is 11.3 Å². The SMILES string of the molecule is CCC1(c2ccccc2)c2cc(Cl)ccc2NC(=O)N1CC(F)(F)F.NCC(F)(F)F.Nc1ccc(Cl)cc1C(=O)c1ccccc1.O=C(c1ccccc1)c1cc(Cl)ccc1NC(=O)n1ccnc1.O=C1Nc2ccc(Cl)cc2C(O)(c2ccccc2)N1CC(F)(F)F.[2H]CI. The molecule has 96 heavy (non-hydrogen) atoms. The molecule has 5 amide bonds. The molecule has 0 spiro atoms. The summed E-state index contributed by atoms with van der Waals surface area (Å²) < 4.78 is 118. The summed E-state index contributed by atoms with van der Waals surface area (Å²) in [6.45, 7) is -2.43. The number of imidazole rings is 1. The standard InChI is InChI=1S/C18H16ClF3N2O.C17H12ClN3O2.C16H12ClF3N2O2.C13H10ClNO.C2H4F3N.CH3I/c1-2-17(12-6-4-3-5-7-12)14-10-13(19)8-9-15(14)23-16(25)24(17)11-18(20,21)22;18-13-6-7-15(20-17(23)21-9-8-19-11-21)14(10-13)16(22)12-4-2-1-3-5-12;17-11-6-7-13-12(8-11)16(24,10-4-2-1-3-5-10)22(14(23)21-13)9-15(18,19)20;14-10-6-7-12(15)11(8-10)13(16)9-4-2-1-3-5-9;3-2(4,5)1-6;1-2/h3-10H,2,11H2,1H3,(H,23,25);1-11H,(H,20,23);1-8,24H,9H2,(H,21,23);1-8H,15H2;1,6H2;1H3/i;;;;;1D. The molecule has 8 N–H and O–H groups in total. The number of hydrogen-bond donors (Lipinski definition) is 6. The molecule has 9 aromatic rings. The van der Waals surface area contributed by atoms with Crippen molar-refractivity contribution in [3.63, 3.8) is 0 Å². The number of halogens is 14. The van der Waals surface area contributed by atoms with E-state index < -0.39 is 67.5 Å². The molecule has 0 radical (unpaired) electrons. The number of amides is 5. The second-order valence-electron chi connectivity index (χ2n) is 20.3. The van der Waals surface area contributed by atoms with Crippen LogP contribution in [0.25, 0.3) is 0 Å². The topological polar surface area (TPSA) is 218 Å². The van der Waals surface area contributed by atoms with Crippen molar-refractivity contribution < 1.29 is 70.0 Å². The highest BCUT2D eigenvalue weighted by Crippen LogP contribution is 2.48. The fourth-order valence-electron chi connectivity index (χ4n) is 9.79. The second kappa shape index (κ2) is 33.8. The number of rotatable bonds is 10. The number of nitrogens with zero attached hydrogens (tertiary/aromatic N) is 4. The first-order chi connectivity index (χ1) is 45.8. The maximum atomic E-state index is 13.2. The zero-order valence-electron chi connectivity index (χ0n) is 51.0. The number of fused-ring (bicyclic) bond motifs is 2. The van der Waals surface area contributed by atoms with E-state index in [2.05, 4.69) is 26.7 Å². The van der Waals surface area contributed by atoms with Crippen molar-refractivity contribution in [2.24, 2.45) is 5.73 Å². The highest BCUT2D eigenvalue weighted by Gasteiger charge is 2.52. The Balaban J connectivity index is 0.000000197. The van der Waals surface area contributed by atoms with Crippen LogP contribution in [0.1, 0.15) is 68.8 Å². The molecule has 2 unspecified atom stereocenters. The Morgan fingerprint density at radius 1 is 0.594 bits per heavy atom. The van der Waals surface area contributed by atoms with E-state index in [-0.39, 0.29) is 39.8 Å². The lowest BCUT2D eigenvalue weighted by Crippen LogP contribution is -2.58. The van der Waals surface area contributed by atoms with Crippen molar-refractivity contribution in [2.45, 2.75) is 43.1 Å². The molecule has 8 aromatic carbocycles. The predicted molar refractivity (Wildman–Crippen MR) is 362 cm³/mol. The third-order valence-electron chi connectivity index (χ3n) is 14.0. The van der Waals surface area contributed by atoms with Crippen LogP contribution in [0.2, 0.25) is 20.1 Å². The average Bonchev–Trinajstić information content (AvgIpc) is 0.776. The summed E-state index contributed by atoms with van der Waals surface area (Å²) in [7, 11) is 0. The minimum atomic E-state index is -4.68. The molecule has 504 valence electrons. The Kier molecular flexibility index (Phi) is 26.3. The van der Waals surface area contributed by atoms with Crippen molar-refractivity contribution in [2.75, 3.05) is 46.2 Å². The van der Waals surface area contributed by atoms with Gasteiger partial charge in [0.1, 0.15) is 19.4 Å². The number of benzene rings is 8. The van der Waals surface area contributed by atoms with Gasteiger partial charge >= 0.3 is 36.6 Å². The number of aromatic nitrogens is 2. The van der Waals surface area contributed by atoms with Crippen LogP contribution >= 0.6 is 69.0 Å². The van der Waals surface area contributed by atoms with Crippen LogP contribution in [0.4, 0.5) is 76.6 Å². The molecule has 2 aliphatic heterocycles. The third kappa shape index (κ3) is 20.0. The van der Waals surface area contributed by atoms with Crippen molar-refractivity contribution in [1.82, 2.24) is 19.4 Å². The van der Waals surface area contributed by atoms with Gasteiger partial charge in [0.2, 0.25) is 0 Å². The summed E-state index contributed by atoms with van der Waals surface area (Å²) in [5.41, 5.74) is 11.2. The van der Waals surface area contributed by atoms with Gasteiger partial charge < -0.3 is 37.4 Å². The average molecular weight is 1520 g/mol. The van der Waals surface area contributed by atoms with Crippen LogP contribution in [0, 0.1) is 0 Å². The molecular weight excluding hydrogens is 1470 g/mol. The van der Waals surface area contributed by atoms with Gasteiger partial charge in [0.05, 0.1) is 23.5 Å². The number of anilines is 4. The molecule has 0 aliphatic carbocycles. The molecule has 0 saturated heterocycles. The molecule has 0 saturated carbocycles. The zero-order chi connectivity index (χ0) is 71.5. The molecule has 2 atom stereocenters. The van der Waals surface area contributed by atoms with Crippen molar-refractivity contribution in [1.29, 1.82) is 0 Å². The van der Waals surface area contributed by atoms with Gasteiger partial charge in [0, 0.05) is 84.2 Å². The van der Waals surface area contributed by atoms with E-state index in [1.165, 1.54) is 53.6 Å². The second-order valence-corrected chi connectivity index (χ2v) is 22.0. The van der Waals surface area contributed by atoms with E-state index in [9.17, 15) is 68.6 Å². The largest absolute Gasteiger partial charge is 0.406 e. The molecule has 0 bridgehead atoms. The Hall–Kier alpha value is -8.70. The third-order valence-corrected chi connectivity index (χ3v) is 14.9. The van der Waals surface area contributed by atoms with Gasteiger partial charge in [-0.25, -0.2) is 19.4 Å². The number of urea groups is 2. The Morgan fingerprint density at radius 3 is 1.47 bits per heavy atom. The van der Waals surface area contributed by atoms with Crippen LogP contribution in [0.3, 0.4) is 0 Å². The maximum Gasteiger partial charge on any atom is 0.406 e. The molecule has 0 fully saturated rings. The van der Waals surface area contributed by atoms with Gasteiger partial charge in [-0.3, -0.25) is 19.1 Å². The molecule has 1 aromatic heterocycles. The maximum absolute atomic E-state index is 13.2. The van der Waals surface area contributed by atoms with Gasteiger partial charge in [-0.15, -0.1) is 0 Å². The van der Waals surface area contributed by atoms with Crippen LogP contribution in [0.15, 0.2) is 213 Å². The number of carbonyl (C=O) groups excluding carboxylic acids is 5. The highest BCUT2D eigenvalue weighted by atomic mass is 127. The van der Waals surface area contributed by atoms with Crippen LogP contribution in [0.5, 0.6) is 0 Å². The molecule has 29 heteroatoms. The molecule has 15 nitrogen and oxygen atoms in total. The number of nitrogens with two attached hydrogens (primary N) is 2. The van der Waals surface area contributed by atoms with E-state index in [0.29, 0.717) is 75.3 Å². The summed E-state index contributed by atoms with van der Waals surface area (Å²) >= 11 is 25.9. The fraction of sp³-hybridized carbons (Fsp3) is 0.164. The summed E-state index contributed by atoms with van der Waals surface area (Å²) in [6, 6.07) is 50.7. The number of aliphatic hydroxyl groups is 1. The smallest absolute Gasteiger partial charge is 0.398 e. The normalized spacial score (nSPS) is 15.5. The Morgan fingerprint density at radius 2 is 1.00 bits per heavy atom. The number of carbonyl (C=O) groups is 5. The van der Waals surface area contributed by atoms with Crippen molar-refractivity contribution >= 4 is 121 Å². The number of hydrogen-bond acceptors (Lipinski definition) is 9. The fourth-order valence-corrected chi connectivity index (χ4v) is 10.5. The van der Waals surface area contributed by atoms with E-state index in [0.717, 1.165) is 4.90 Å². The quantitative estimate of drug-likeness (QED) is 0.0252. The van der Waals surface area contributed by atoms with Crippen LogP contribution in [-0.4, -0.2) is 97.2 Å². The molecular formula is C67H57Cl4F9IN9O6. The van der Waals surface area contributed by atoms with E-state index >= 15 is 0 Å². The Bertz CT molecular complexity index is 4140. The first-order valence-corrected chi connectivity index (χ1v) is 31.0. The number of ketones is 2. The summed E-state index contributed by atoms with van der Waals surface area (Å²) in [5.74, 6) is -0.324. The lowest BCUT2D eigenvalue weighted by molar-refractivity contribution is -0.172. The van der Waals surface area contributed by atoms with Crippen LogP contribution < -0.4 is 27.4 Å². The predicted octanol–water partition coefficient (Wildman–Crippen LogP) is 17.9. The van der Waals surface area contributed by atoms with Gasteiger partial charge in [-0.2, -0.15) is 39.5 Å². The minimum absolute atomic E-state index is 0.0741. The minimum Gasteiger partial charge on any atom is -0.398 e. The van der Waals surface area contributed by atoms with Crippen molar-refractivity contribution in [3.8, 4) is 0 Å². The lowest BCUT2D eigenvalue weighted by Gasteiger charge is -2.48. The van der Waals surface area contributed by atoms with E-state index in [1.807, 2.05) is 46.9 Å².